The Labute approximate surface area is 123 Å². The standard InChI is InChI=1S/C18H16O3/c1-21-16-7-3-5-14(11-16)13-4-2-6-15(10-13)18(20)17(19)12-8-9-12/h2-7,10-12H,8-9H2,1H3. The van der Waals surface area contributed by atoms with Gasteiger partial charge >= 0.3 is 0 Å². The van der Waals surface area contributed by atoms with Gasteiger partial charge in [0.15, 0.2) is 0 Å². The first-order chi connectivity index (χ1) is 10.2. The number of rotatable bonds is 5. The number of methoxy groups -OCH3 is 1. The molecule has 0 atom stereocenters. The van der Waals surface area contributed by atoms with Crippen molar-refractivity contribution in [1.29, 1.82) is 0 Å². The Morgan fingerprint density at radius 1 is 1.00 bits per heavy atom. The largest absolute Gasteiger partial charge is 0.497 e. The van der Waals surface area contributed by atoms with E-state index in [0.29, 0.717) is 5.56 Å². The number of carbonyl (C=O) groups excluding carboxylic acids is 2. The van der Waals surface area contributed by atoms with Crippen LogP contribution in [-0.2, 0) is 4.79 Å². The number of hydrogen-bond donors (Lipinski definition) is 0. The van der Waals surface area contributed by atoms with Gasteiger partial charge in [-0.3, -0.25) is 9.59 Å². The molecule has 2 aromatic rings. The van der Waals surface area contributed by atoms with Gasteiger partial charge in [0.25, 0.3) is 0 Å². The molecule has 1 aliphatic rings. The summed E-state index contributed by atoms with van der Waals surface area (Å²) in [5.41, 5.74) is 2.33. The van der Waals surface area contributed by atoms with Gasteiger partial charge in [-0.05, 0) is 42.2 Å². The summed E-state index contributed by atoms with van der Waals surface area (Å²) >= 11 is 0. The van der Waals surface area contributed by atoms with Gasteiger partial charge in [0.2, 0.25) is 11.6 Å². The second kappa shape index (κ2) is 5.52. The number of carbonyl (C=O) groups is 2. The Morgan fingerprint density at radius 2 is 1.67 bits per heavy atom. The molecule has 106 valence electrons. The molecule has 3 heteroatoms. The summed E-state index contributed by atoms with van der Waals surface area (Å²) in [7, 11) is 1.62. The van der Waals surface area contributed by atoms with Gasteiger partial charge in [0.1, 0.15) is 5.75 Å². The summed E-state index contributed by atoms with van der Waals surface area (Å²) in [5, 5.41) is 0. The quantitative estimate of drug-likeness (QED) is 0.621. The van der Waals surface area contributed by atoms with Crippen molar-refractivity contribution in [3.63, 3.8) is 0 Å². The van der Waals surface area contributed by atoms with Gasteiger partial charge in [-0.25, -0.2) is 0 Å². The summed E-state index contributed by atoms with van der Waals surface area (Å²) in [6.45, 7) is 0. The Morgan fingerprint density at radius 3 is 2.33 bits per heavy atom. The molecule has 1 aliphatic carbocycles. The van der Waals surface area contributed by atoms with Crippen LogP contribution in [0.2, 0.25) is 0 Å². The number of ether oxygens (including phenoxy) is 1. The highest BCUT2D eigenvalue weighted by Crippen LogP contribution is 2.31. The van der Waals surface area contributed by atoms with Crippen molar-refractivity contribution in [2.24, 2.45) is 5.92 Å². The molecule has 3 rings (SSSR count). The van der Waals surface area contributed by atoms with Gasteiger partial charge < -0.3 is 4.74 Å². The molecule has 0 saturated heterocycles. The van der Waals surface area contributed by atoms with E-state index in [2.05, 4.69) is 0 Å². The highest BCUT2D eigenvalue weighted by Gasteiger charge is 2.34. The first kappa shape index (κ1) is 13.6. The number of hydrogen-bond acceptors (Lipinski definition) is 3. The topological polar surface area (TPSA) is 43.4 Å². The monoisotopic (exact) mass is 280 g/mol. The van der Waals surface area contributed by atoms with E-state index in [1.54, 1.807) is 19.2 Å². The number of benzene rings is 2. The summed E-state index contributed by atoms with van der Waals surface area (Å²) in [4.78, 5) is 24.0. The van der Waals surface area contributed by atoms with Crippen LogP contribution < -0.4 is 4.74 Å². The first-order valence-electron chi connectivity index (χ1n) is 7.02. The fourth-order valence-corrected chi connectivity index (χ4v) is 2.32. The van der Waals surface area contributed by atoms with Crippen LogP contribution in [0.5, 0.6) is 5.75 Å². The normalized spacial score (nSPS) is 13.8. The average Bonchev–Trinajstić information content (AvgIpc) is 3.38. The van der Waals surface area contributed by atoms with Gasteiger partial charge in [-0.1, -0.05) is 30.3 Å². The molecule has 0 aliphatic heterocycles. The summed E-state index contributed by atoms with van der Waals surface area (Å²) in [6, 6.07) is 14.8. The van der Waals surface area contributed by atoms with Crippen LogP contribution in [-0.4, -0.2) is 18.7 Å². The maximum atomic E-state index is 12.2. The Hall–Kier alpha value is -2.42. The Bertz CT molecular complexity index is 699. The van der Waals surface area contributed by atoms with Crippen LogP contribution in [0.3, 0.4) is 0 Å². The minimum absolute atomic E-state index is 0.0435. The molecule has 1 saturated carbocycles. The van der Waals surface area contributed by atoms with E-state index in [-0.39, 0.29) is 17.5 Å². The lowest BCUT2D eigenvalue weighted by molar-refractivity contribution is -0.116. The van der Waals surface area contributed by atoms with Crippen LogP contribution in [0.15, 0.2) is 48.5 Å². The van der Waals surface area contributed by atoms with Gasteiger partial charge in [0.05, 0.1) is 7.11 Å². The fourth-order valence-electron chi connectivity index (χ4n) is 2.32. The highest BCUT2D eigenvalue weighted by molar-refractivity contribution is 6.44. The zero-order valence-electron chi connectivity index (χ0n) is 11.8. The van der Waals surface area contributed by atoms with Crippen molar-refractivity contribution in [3.05, 3.63) is 54.1 Å². The van der Waals surface area contributed by atoms with Crippen LogP contribution in [0.4, 0.5) is 0 Å². The van der Waals surface area contributed by atoms with Crippen molar-refractivity contribution >= 4 is 11.6 Å². The molecule has 0 amide bonds. The molecule has 21 heavy (non-hydrogen) atoms. The zero-order chi connectivity index (χ0) is 14.8. The van der Waals surface area contributed by atoms with E-state index in [1.165, 1.54) is 0 Å². The van der Waals surface area contributed by atoms with Crippen molar-refractivity contribution in [2.75, 3.05) is 7.11 Å². The molecular formula is C18H16O3. The van der Waals surface area contributed by atoms with E-state index < -0.39 is 0 Å². The van der Waals surface area contributed by atoms with Crippen molar-refractivity contribution in [3.8, 4) is 16.9 Å². The lowest BCUT2D eigenvalue weighted by Gasteiger charge is -2.06. The fraction of sp³-hybridized carbons (Fsp3) is 0.222. The van der Waals surface area contributed by atoms with Crippen LogP contribution >= 0.6 is 0 Å². The SMILES string of the molecule is COc1cccc(-c2cccc(C(=O)C(=O)C3CC3)c2)c1. The molecule has 0 unspecified atom stereocenters. The zero-order valence-corrected chi connectivity index (χ0v) is 11.8. The van der Waals surface area contributed by atoms with Crippen LogP contribution in [0.1, 0.15) is 23.2 Å². The summed E-state index contributed by atoms with van der Waals surface area (Å²) < 4.78 is 5.21. The molecule has 0 radical (unpaired) electrons. The summed E-state index contributed by atoms with van der Waals surface area (Å²) in [5.74, 6) is 0.0938. The van der Waals surface area contributed by atoms with E-state index in [9.17, 15) is 9.59 Å². The molecule has 0 N–H and O–H groups in total. The van der Waals surface area contributed by atoms with E-state index in [0.717, 1.165) is 29.7 Å². The lowest BCUT2D eigenvalue weighted by Crippen LogP contribution is -2.15. The molecule has 2 aromatic carbocycles. The Kier molecular flexibility index (Phi) is 3.57. The molecule has 0 spiro atoms. The maximum absolute atomic E-state index is 12.2. The summed E-state index contributed by atoms with van der Waals surface area (Å²) in [6.07, 6.45) is 1.69. The first-order valence-corrected chi connectivity index (χ1v) is 7.02. The molecule has 0 aromatic heterocycles. The van der Waals surface area contributed by atoms with Gasteiger partial charge in [-0.15, -0.1) is 0 Å². The van der Waals surface area contributed by atoms with Crippen LogP contribution in [0.25, 0.3) is 11.1 Å². The predicted molar refractivity (Wildman–Crippen MR) is 80.5 cm³/mol. The van der Waals surface area contributed by atoms with Crippen LogP contribution in [0, 0.1) is 5.92 Å². The predicted octanol–water partition coefficient (Wildman–Crippen LogP) is 3.52. The van der Waals surface area contributed by atoms with Crippen molar-refractivity contribution in [2.45, 2.75) is 12.8 Å². The van der Waals surface area contributed by atoms with Crippen molar-refractivity contribution < 1.29 is 14.3 Å². The number of Topliss-reactive ketones (excluding diaryl/α,β-unsaturated/α-hetero) is 2. The minimum atomic E-state index is -0.373. The second-order valence-electron chi connectivity index (χ2n) is 5.28. The smallest absolute Gasteiger partial charge is 0.228 e. The minimum Gasteiger partial charge on any atom is -0.497 e. The molecule has 3 nitrogen and oxygen atoms in total. The van der Waals surface area contributed by atoms with E-state index in [4.69, 9.17) is 4.74 Å². The van der Waals surface area contributed by atoms with E-state index in [1.807, 2.05) is 36.4 Å². The third-order valence-corrected chi connectivity index (χ3v) is 3.70. The molecular weight excluding hydrogens is 264 g/mol. The molecule has 1 fully saturated rings. The van der Waals surface area contributed by atoms with Gasteiger partial charge in [-0.2, -0.15) is 0 Å². The highest BCUT2D eigenvalue weighted by atomic mass is 16.5. The third kappa shape index (κ3) is 2.87. The third-order valence-electron chi connectivity index (χ3n) is 3.70. The Balaban J connectivity index is 1.92. The van der Waals surface area contributed by atoms with Crippen molar-refractivity contribution in [1.82, 2.24) is 0 Å². The molecule has 0 heterocycles. The molecule has 0 bridgehead atoms. The number of ketones is 2. The maximum Gasteiger partial charge on any atom is 0.228 e. The van der Waals surface area contributed by atoms with Gasteiger partial charge in [0, 0.05) is 11.5 Å². The van der Waals surface area contributed by atoms with E-state index >= 15 is 0 Å². The average molecular weight is 280 g/mol. The second-order valence-corrected chi connectivity index (χ2v) is 5.28. The lowest BCUT2D eigenvalue weighted by atomic mass is 9.98.